The van der Waals surface area contributed by atoms with Gasteiger partial charge in [-0.15, -0.1) is 0 Å². The first kappa shape index (κ1) is 33.6. The van der Waals surface area contributed by atoms with Crippen molar-refractivity contribution in [2.45, 2.75) is 45.2 Å². The molecule has 2 saturated heterocycles. The Balaban J connectivity index is 1.20. The van der Waals surface area contributed by atoms with E-state index < -0.39 is 0 Å². The molecule has 1 atom stereocenters. The molecule has 10 heteroatoms. The molecule has 2 aliphatic rings. The number of anilines is 1. The Labute approximate surface area is 288 Å². The van der Waals surface area contributed by atoms with Gasteiger partial charge in [-0.3, -0.25) is 9.69 Å². The van der Waals surface area contributed by atoms with Gasteiger partial charge in [0.1, 0.15) is 0 Å². The molecule has 0 unspecified atom stereocenters. The van der Waals surface area contributed by atoms with Gasteiger partial charge in [-0.2, -0.15) is 0 Å². The van der Waals surface area contributed by atoms with Crippen LogP contribution in [-0.2, 0) is 19.4 Å². The van der Waals surface area contributed by atoms with E-state index in [9.17, 15) is 4.79 Å². The van der Waals surface area contributed by atoms with Gasteiger partial charge in [0.05, 0.1) is 38.6 Å². The highest BCUT2D eigenvalue weighted by Gasteiger charge is 2.30. The molecule has 6 rings (SSSR count). The molecule has 0 aliphatic carbocycles. The van der Waals surface area contributed by atoms with Crippen LogP contribution in [0.2, 0.25) is 5.02 Å². The number of nitrogens with zero attached hydrogens (tertiary/aromatic N) is 5. The predicted octanol–water partition coefficient (Wildman–Crippen LogP) is 6.55. The number of carbonyl (C=O) groups is 1. The minimum atomic E-state index is -0.00978. The zero-order valence-electron chi connectivity index (χ0n) is 28.2. The summed E-state index contributed by atoms with van der Waals surface area (Å²) >= 11 is 6.19. The van der Waals surface area contributed by atoms with Gasteiger partial charge >= 0.3 is 0 Å². The summed E-state index contributed by atoms with van der Waals surface area (Å²) in [7, 11) is 4.85. The molecule has 1 aromatic heterocycles. The number of amides is 1. The van der Waals surface area contributed by atoms with Gasteiger partial charge in [0.2, 0.25) is 11.7 Å². The van der Waals surface area contributed by atoms with Crippen molar-refractivity contribution in [3.05, 3.63) is 105 Å². The van der Waals surface area contributed by atoms with E-state index in [0.717, 1.165) is 55.2 Å². The van der Waals surface area contributed by atoms with Crippen molar-refractivity contribution in [3.8, 4) is 17.2 Å². The minimum Gasteiger partial charge on any atom is -0.493 e. The second kappa shape index (κ2) is 15.3. The van der Waals surface area contributed by atoms with Crippen molar-refractivity contribution < 1.29 is 19.0 Å². The number of benzene rings is 3. The van der Waals surface area contributed by atoms with Crippen LogP contribution in [-0.4, -0.2) is 79.7 Å². The number of methoxy groups -OCH3 is 3. The average Bonchev–Trinajstić information content (AvgIpc) is 3.61. The van der Waals surface area contributed by atoms with Gasteiger partial charge in [-0.05, 0) is 79.1 Å². The van der Waals surface area contributed by atoms with Crippen LogP contribution in [0.5, 0.6) is 17.2 Å². The van der Waals surface area contributed by atoms with Crippen LogP contribution in [0.15, 0.2) is 66.9 Å². The molecule has 4 aromatic rings. The lowest BCUT2D eigenvalue weighted by atomic mass is 10.0. The first-order chi connectivity index (χ1) is 23.4. The molecule has 3 aromatic carbocycles. The first-order valence-electron chi connectivity index (χ1n) is 16.6. The Kier molecular flexibility index (Phi) is 10.7. The SMILES string of the molecule is COc1cc(CN2CCN(C(=O)c3cnc(N4CCC[C@@H]4c4ccc(Cl)cc4)nc3CCc3ccccc3C)CC2)cc(OC)c1OC. The molecule has 0 N–H and O–H groups in total. The Morgan fingerprint density at radius 2 is 1.60 bits per heavy atom. The number of halogens is 1. The van der Waals surface area contributed by atoms with Gasteiger partial charge in [0.15, 0.2) is 11.5 Å². The molecule has 48 heavy (non-hydrogen) atoms. The van der Waals surface area contributed by atoms with Crippen molar-refractivity contribution in [1.29, 1.82) is 0 Å². The third kappa shape index (κ3) is 7.37. The summed E-state index contributed by atoms with van der Waals surface area (Å²) in [6, 6.07) is 20.6. The zero-order chi connectivity index (χ0) is 33.6. The van der Waals surface area contributed by atoms with Gasteiger partial charge < -0.3 is 24.0 Å². The number of aryl methyl sites for hydroxylation is 3. The van der Waals surface area contributed by atoms with Crippen LogP contribution in [0.1, 0.15) is 57.2 Å². The Morgan fingerprint density at radius 3 is 2.27 bits per heavy atom. The van der Waals surface area contributed by atoms with E-state index >= 15 is 0 Å². The summed E-state index contributed by atoms with van der Waals surface area (Å²) in [5.74, 6) is 2.52. The summed E-state index contributed by atoms with van der Waals surface area (Å²) < 4.78 is 16.6. The maximum absolute atomic E-state index is 14.1. The van der Waals surface area contributed by atoms with Gasteiger partial charge in [0.25, 0.3) is 5.91 Å². The van der Waals surface area contributed by atoms with E-state index in [1.807, 2.05) is 29.2 Å². The highest BCUT2D eigenvalue weighted by atomic mass is 35.5. The lowest BCUT2D eigenvalue weighted by Gasteiger charge is -2.35. The Morgan fingerprint density at radius 1 is 0.896 bits per heavy atom. The van der Waals surface area contributed by atoms with E-state index in [1.54, 1.807) is 27.5 Å². The molecule has 252 valence electrons. The fourth-order valence-electron chi connectivity index (χ4n) is 6.86. The van der Waals surface area contributed by atoms with E-state index in [2.05, 4.69) is 53.1 Å². The van der Waals surface area contributed by atoms with Crippen molar-refractivity contribution >= 4 is 23.5 Å². The van der Waals surface area contributed by atoms with E-state index in [-0.39, 0.29) is 11.9 Å². The molecular formula is C38H44ClN5O4. The van der Waals surface area contributed by atoms with Gasteiger partial charge in [-0.25, -0.2) is 9.97 Å². The minimum absolute atomic E-state index is 0.00978. The normalized spacial score (nSPS) is 16.6. The third-order valence-corrected chi connectivity index (χ3v) is 9.78. The molecule has 2 aliphatic heterocycles. The molecule has 0 bridgehead atoms. The first-order valence-corrected chi connectivity index (χ1v) is 17.0. The lowest BCUT2D eigenvalue weighted by molar-refractivity contribution is 0.0626. The van der Waals surface area contributed by atoms with Crippen LogP contribution in [0.3, 0.4) is 0 Å². The third-order valence-electron chi connectivity index (χ3n) is 9.53. The number of rotatable bonds is 11. The van der Waals surface area contributed by atoms with Crippen molar-refractivity contribution in [3.63, 3.8) is 0 Å². The number of ether oxygens (including phenoxy) is 3. The second-order valence-electron chi connectivity index (χ2n) is 12.5. The summed E-state index contributed by atoms with van der Waals surface area (Å²) in [6.07, 6.45) is 5.28. The predicted molar refractivity (Wildman–Crippen MR) is 189 cm³/mol. The molecule has 3 heterocycles. The highest BCUT2D eigenvalue weighted by Crippen LogP contribution is 2.39. The molecule has 0 spiro atoms. The summed E-state index contributed by atoms with van der Waals surface area (Å²) in [5.41, 5.74) is 6.15. The molecular weight excluding hydrogens is 626 g/mol. The quantitative estimate of drug-likeness (QED) is 0.178. The standard InChI is InChI=1S/C38H44ClN5O4/c1-26-8-5-6-9-28(26)13-16-32-31(24-40-38(41-32)44-17-7-10-33(44)29-11-14-30(39)15-12-29)37(45)43-20-18-42(19-21-43)25-27-22-34(46-2)36(48-4)35(23-27)47-3/h5-6,8-9,11-12,14-15,22-24,33H,7,10,13,16-21,25H2,1-4H3/t33-/m1/s1. The maximum atomic E-state index is 14.1. The monoisotopic (exact) mass is 669 g/mol. The number of carbonyl (C=O) groups excluding carboxylic acids is 1. The molecule has 2 fully saturated rings. The number of aromatic nitrogens is 2. The van der Waals surface area contributed by atoms with Gasteiger partial charge in [-0.1, -0.05) is 48.0 Å². The number of piperazine rings is 1. The van der Waals surface area contributed by atoms with Crippen molar-refractivity contribution in [1.82, 2.24) is 19.8 Å². The summed E-state index contributed by atoms with van der Waals surface area (Å²) in [5, 5.41) is 0.725. The fourth-order valence-corrected chi connectivity index (χ4v) is 6.99. The Hall–Kier alpha value is -4.34. The van der Waals surface area contributed by atoms with Crippen LogP contribution >= 0.6 is 11.6 Å². The lowest BCUT2D eigenvalue weighted by Crippen LogP contribution is -2.48. The molecule has 0 saturated carbocycles. The van der Waals surface area contributed by atoms with Crippen LogP contribution in [0.25, 0.3) is 0 Å². The van der Waals surface area contributed by atoms with Crippen molar-refractivity contribution in [2.75, 3.05) is 59.0 Å². The Bertz CT molecular complexity index is 1700. The zero-order valence-corrected chi connectivity index (χ0v) is 29.0. The van der Waals surface area contributed by atoms with Crippen LogP contribution in [0, 0.1) is 6.92 Å². The van der Waals surface area contributed by atoms with Crippen LogP contribution in [0.4, 0.5) is 5.95 Å². The molecule has 0 radical (unpaired) electrons. The smallest absolute Gasteiger partial charge is 0.257 e. The van der Waals surface area contributed by atoms with E-state index in [0.29, 0.717) is 54.8 Å². The summed E-state index contributed by atoms with van der Waals surface area (Å²) in [6.45, 7) is 6.44. The van der Waals surface area contributed by atoms with E-state index in [4.69, 9.17) is 35.8 Å². The second-order valence-corrected chi connectivity index (χ2v) is 12.9. The van der Waals surface area contributed by atoms with Crippen molar-refractivity contribution in [2.24, 2.45) is 0 Å². The fraction of sp³-hybridized carbons (Fsp3) is 0.395. The molecule has 9 nitrogen and oxygen atoms in total. The van der Waals surface area contributed by atoms with Crippen LogP contribution < -0.4 is 19.1 Å². The van der Waals surface area contributed by atoms with E-state index in [1.165, 1.54) is 16.7 Å². The summed E-state index contributed by atoms with van der Waals surface area (Å²) in [4.78, 5) is 30.6. The van der Waals surface area contributed by atoms with Gasteiger partial charge in [0, 0.05) is 50.5 Å². The molecule has 1 amide bonds. The average molecular weight is 670 g/mol. The maximum Gasteiger partial charge on any atom is 0.257 e. The number of hydrogen-bond donors (Lipinski definition) is 0. The highest BCUT2D eigenvalue weighted by molar-refractivity contribution is 6.30. The number of hydrogen-bond acceptors (Lipinski definition) is 8. The topological polar surface area (TPSA) is 80.3 Å². The largest absolute Gasteiger partial charge is 0.493 e.